The molecule has 1 N–H and O–H groups in total. The quantitative estimate of drug-likeness (QED) is 0.892. The summed E-state index contributed by atoms with van der Waals surface area (Å²) in [6.45, 7) is 6.61. The number of ether oxygens (including phenoxy) is 1. The van der Waals surface area contributed by atoms with Crippen LogP contribution in [0.4, 0.5) is 4.39 Å². The summed E-state index contributed by atoms with van der Waals surface area (Å²) in [4.78, 5) is 0. The van der Waals surface area contributed by atoms with E-state index in [1.807, 2.05) is 0 Å². The molecule has 0 saturated carbocycles. The highest BCUT2D eigenvalue weighted by molar-refractivity contribution is 6.30. The smallest absolute Gasteiger partial charge is 0.127 e. The fraction of sp³-hybridized carbons (Fsp3) is 0.625. The first-order chi connectivity index (χ1) is 9.51. The number of benzene rings is 1. The fourth-order valence-corrected chi connectivity index (χ4v) is 2.90. The van der Waals surface area contributed by atoms with Crippen molar-refractivity contribution in [3.8, 4) is 0 Å². The molecule has 0 aliphatic carbocycles. The van der Waals surface area contributed by atoms with E-state index in [4.69, 9.17) is 16.3 Å². The van der Waals surface area contributed by atoms with Crippen LogP contribution >= 0.6 is 11.6 Å². The van der Waals surface area contributed by atoms with Gasteiger partial charge in [-0.3, -0.25) is 0 Å². The van der Waals surface area contributed by atoms with Crippen LogP contribution < -0.4 is 5.32 Å². The molecule has 0 amide bonds. The predicted molar refractivity (Wildman–Crippen MR) is 80.7 cm³/mol. The summed E-state index contributed by atoms with van der Waals surface area (Å²) in [5, 5.41) is 3.92. The van der Waals surface area contributed by atoms with Crippen molar-refractivity contribution in [2.24, 2.45) is 5.41 Å². The fourth-order valence-electron chi connectivity index (χ4n) is 2.74. The SMILES string of the molecule is CC(C)NCC1(Cc2ccc(Cl)cc2F)CCCOC1. The van der Waals surface area contributed by atoms with E-state index in [2.05, 4.69) is 19.2 Å². The van der Waals surface area contributed by atoms with Crippen LogP contribution in [0.3, 0.4) is 0 Å². The molecule has 1 aromatic carbocycles. The Kier molecular flexibility index (Phi) is 5.42. The molecule has 1 aliphatic heterocycles. The number of halogens is 2. The highest BCUT2D eigenvalue weighted by atomic mass is 35.5. The molecule has 0 bridgehead atoms. The standard InChI is InChI=1S/C16H23ClFNO/c1-12(2)19-10-16(6-3-7-20-11-16)9-13-4-5-14(17)8-15(13)18/h4-5,8,12,19H,3,6-7,9-11H2,1-2H3. The number of nitrogens with one attached hydrogen (secondary N) is 1. The van der Waals surface area contributed by atoms with Crippen molar-refractivity contribution < 1.29 is 9.13 Å². The van der Waals surface area contributed by atoms with E-state index in [9.17, 15) is 4.39 Å². The van der Waals surface area contributed by atoms with E-state index < -0.39 is 0 Å². The Labute approximate surface area is 125 Å². The van der Waals surface area contributed by atoms with Crippen LogP contribution in [0, 0.1) is 11.2 Å². The monoisotopic (exact) mass is 299 g/mol. The summed E-state index contributed by atoms with van der Waals surface area (Å²) < 4.78 is 19.7. The lowest BCUT2D eigenvalue weighted by Gasteiger charge is -2.38. The lowest BCUT2D eigenvalue weighted by molar-refractivity contribution is -0.00839. The first kappa shape index (κ1) is 15.7. The van der Waals surface area contributed by atoms with Gasteiger partial charge in [0.1, 0.15) is 5.82 Å². The van der Waals surface area contributed by atoms with Gasteiger partial charge in [-0.15, -0.1) is 0 Å². The molecule has 20 heavy (non-hydrogen) atoms. The minimum Gasteiger partial charge on any atom is -0.381 e. The highest BCUT2D eigenvalue weighted by Crippen LogP contribution is 2.33. The Bertz CT molecular complexity index is 444. The number of rotatable bonds is 5. The van der Waals surface area contributed by atoms with Gasteiger partial charge in [0, 0.05) is 29.6 Å². The zero-order valence-corrected chi connectivity index (χ0v) is 13.0. The third kappa shape index (κ3) is 4.18. The van der Waals surface area contributed by atoms with Crippen molar-refractivity contribution in [1.29, 1.82) is 0 Å². The molecule has 1 aliphatic rings. The summed E-state index contributed by atoms with van der Waals surface area (Å²) in [5.74, 6) is -0.216. The van der Waals surface area contributed by atoms with E-state index in [0.29, 0.717) is 24.1 Å². The normalized spacial score (nSPS) is 23.2. The van der Waals surface area contributed by atoms with Gasteiger partial charge in [-0.1, -0.05) is 31.5 Å². The molecule has 0 aromatic heterocycles. The molecular weight excluding hydrogens is 277 g/mol. The molecule has 4 heteroatoms. The Morgan fingerprint density at radius 3 is 2.85 bits per heavy atom. The third-order valence-electron chi connectivity index (χ3n) is 3.87. The van der Waals surface area contributed by atoms with Crippen molar-refractivity contribution in [2.75, 3.05) is 19.8 Å². The van der Waals surface area contributed by atoms with Gasteiger partial charge >= 0.3 is 0 Å². The van der Waals surface area contributed by atoms with Crippen LogP contribution in [-0.2, 0) is 11.2 Å². The Morgan fingerprint density at radius 2 is 2.25 bits per heavy atom. The molecule has 1 saturated heterocycles. The van der Waals surface area contributed by atoms with E-state index in [-0.39, 0.29) is 11.2 Å². The molecule has 0 spiro atoms. The maximum atomic E-state index is 14.0. The summed E-state index contributed by atoms with van der Waals surface area (Å²) in [7, 11) is 0. The molecular formula is C16H23ClFNO. The van der Waals surface area contributed by atoms with E-state index in [0.717, 1.165) is 31.6 Å². The first-order valence-electron chi connectivity index (χ1n) is 7.26. The van der Waals surface area contributed by atoms with Gasteiger partial charge in [0.15, 0.2) is 0 Å². The second-order valence-electron chi connectivity index (χ2n) is 6.10. The van der Waals surface area contributed by atoms with Gasteiger partial charge in [-0.25, -0.2) is 4.39 Å². The van der Waals surface area contributed by atoms with Gasteiger partial charge in [-0.05, 0) is 37.0 Å². The van der Waals surface area contributed by atoms with Crippen molar-refractivity contribution in [2.45, 2.75) is 39.2 Å². The average Bonchev–Trinajstić information content (AvgIpc) is 2.41. The van der Waals surface area contributed by atoms with Gasteiger partial charge < -0.3 is 10.1 Å². The highest BCUT2D eigenvalue weighted by Gasteiger charge is 2.33. The van der Waals surface area contributed by atoms with Crippen molar-refractivity contribution >= 4 is 11.6 Å². The minimum absolute atomic E-state index is 0.0167. The maximum absolute atomic E-state index is 14.0. The summed E-state index contributed by atoms with van der Waals surface area (Å²) in [6, 6.07) is 5.37. The van der Waals surface area contributed by atoms with Crippen molar-refractivity contribution in [1.82, 2.24) is 5.32 Å². The molecule has 2 nitrogen and oxygen atoms in total. The van der Waals surface area contributed by atoms with Crippen LogP contribution in [0.1, 0.15) is 32.3 Å². The molecule has 1 fully saturated rings. The summed E-state index contributed by atoms with van der Waals surface area (Å²) in [6.07, 6.45) is 2.79. The van der Waals surface area contributed by atoms with Crippen LogP contribution in [0.15, 0.2) is 18.2 Å². The molecule has 1 aromatic rings. The van der Waals surface area contributed by atoms with E-state index >= 15 is 0 Å². The Morgan fingerprint density at radius 1 is 1.45 bits per heavy atom. The van der Waals surface area contributed by atoms with Crippen LogP contribution in [0.5, 0.6) is 0 Å². The van der Waals surface area contributed by atoms with Gasteiger partial charge in [0.2, 0.25) is 0 Å². The van der Waals surface area contributed by atoms with Crippen molar-refractivity contribution in [3.63, 3.8) is 0 Å². The topological polar surface area (TPSA) is 21.3 Å². The zero-order valence-electron chi connectivity index (χ0n) is 12.2. The van der Waals surface area contributed by atoms with E-state index in [1.165, 1.54) is 6.07 Å². The summed E-state index contributed by atoms with van der Waals surface area (Å²) >= 11 is 5.82. The van der Waals surface area contributed by atoms with Crippen LogP contribution in [0.25, 0.3) is 0 Å². The lowest BCUT2D eigenvalue weighted by atomic mass is 9.77. The molecule has 1 atom stereocenters. The second-order valence-corrected chi connectivity index (χ2v) is 6.54. The molecule has 2 rings (SSSR count). The summed E-state index contributed by atoms with van der Waals surface area (Å²) in [5.41, 5.74) is 0.711. The number of hydrogen-bond donors (Lipinski definition) is 1. The third-order valence-corrected chi connectivity index (χ3v) is 4.11. The average molecular weight is 300 g/mol. The minimum atomic E-state index is -0.216. The van der Waals surface area contributed by atoms with Crippen LogP contribution in [-0.4, -0.2) is 25.8 Å². The first-order valence-corrected chi connectivity index (χ1v) is 7.64. The largest absolute Gasteiger partial charge is 0.381 e. The van der Waals surface area contributed by atoms with Gasteiger partial charge in [-0.2, -0.15) is 0 Å². The Balaban J connectivity index is 2.14. The zero-order chi connectivity index (χ0) is 14.6. The molecule has 112 valence electrons. The predicted octanol–water partition coefficient (Wildman–Crippen LogP) is 3.82. The van der Waals surface area contributed by atoms with E-state index in [1.54, 1.807) is 12.1 Å². The molecule has 1 heterocycles. The Hall–Kier alpha value is -0.640. The number of hydrogen-bond acceptors (Lipinski definition) is 2. The second kappa shape index (κ2) is 6.88. The van der Waals surface area contributed by atoms with Crippen LogP contribution in [0.2, 0.25) is 5.02 Å². The molecule has 1 unspecified atom stereocenters. The maximum Gasteiger partial charge on any atom is 0.127 e. The van der Waals surface area contributed by atoms with Gasteiger partial charge in [0.25, 0.3) is 0 Å². The lowest BCUT2D eigenvalue weighted by Crippen LogP contribution is -2.44. The van der Waals surface area contributed by atoms with Crippen molar-refractivity contribution in [3.05, 3.63) is 34.6 Å². The van der Waals surface area contributed by atoms with Gasteiger partial charge in [0.05, 0.1) is 6.61 Å². The molecule has 0 radical (unpaired) electrons.